The lowest BCUT2D eigenvalue weighted by molar-refractivity contribution is -0.135. The molecule has 0 aromatic rings. The molecular weight excluding hydrogens is 306 g/mol. The smallest absolute Gasteiger partial charge is 0.325 e. The minimum atomic E-state index is -0.640. The summed E-state index contributed by atoms with van der Waals surface area (Å²) < 4.78 is 0. The second-order valence-electron chi connectivity index (χ2n) is 8.02. The van der Waals surface area contributed by atoms with Crippen LogP contribution in [0.5, 0.6) is 0 Å². The second kappa shape index (κ2) is 6.73. The molecule has 1 aliphatic carbocycles. The molecule has 1 spiro atoms. The number of urea groups is 1. The van der Waals surface area contributed by atoms with Crippen molar-refractivity contribution >= 4 is 17.8 Å². The van der Waals surface area contributed by atoms with Crippen molar-refractivity contribution in [1.82, 2.24) is 15.1 Å². The van der Waals surface area contributed by atoms with Crippen molar-refractivity contribution in [3.05, 3.63) is 0 Å². The normalized spacial score (nSPS) is 29.4. The van der Waals surface area contributed by atoms with Gasteiger partial charge in [-0.1, -0.05) is 26.7 Å². The molecule has 2 unspecified atom stereocenters. The SMILES string of the molecule is CC1CC(C)CN(C(=O)CCCN2C(=O)NC3(CCCC3)C2=O)C1. The van der Waals surface area contributed by atoms with Gasteiger partial charge in [0.1, 0.15) is 5.54 Å². The first-order valence-corrected chi connectivity index (χ1v) is 9.33. The zero-order valence-electron chi connectivity index (χ0n) is 14.8. The fraction of sp³-hybridized carbons (Fsp3) is 0.833. The average Bonchev–Trinajstić information content (AvgIpc) is 3.07. The van der Waals surface area contributed by atoms with E-state index in [1.807, 2.05) is 4.90 Å². The highest BCUT2D eigenvalue weighted by Crippen LogP contribution is 2.35. The number of carbonyl (C=O) groups is 3. The van der Waals surface area contributed by atoms with E-state index in [9.17, 15) is 14.4 Å². The third kappa shape index (κ3) is 3.28. The molecule has 1 N–H and O–H groups in total. The number of nitrogens with one attached hydrogen (secondary N) is 1. The Bertz CT molecular complexity index is 518. The van der Waals surface area contributed by atoms with Crippen molar-refractivity contribution in [3.8, 4) is 0 Å². The Morgan fingerprint density at radius 3 is 2.42 bits per heavy atom. The number of likely N-dealkylation sites (tertiary alicyclic amines) is 1. The van der Waals surface area contributed by atoms with Gasteiger partial charge < -0.3 is 10.2 Å². The Morgan fingerprint density at radius 2 is 1.79 bits per heavy atom. The van der Waals surface area contributed by atoms with Crippen LogP contribution in [0.4, 0.5) is 4.79 Å². The maximum atomic E-state index is 12.6. The molecule has 2 atom stereocenters. The van der Waals surface area contributed by atoms with E-state index in [1.165, 1.54) is 11.3 Å². The van der Waals surface area contributed by atoms with Gasteiger partial charge in [0.15, 0.2) is 0 Å². The van der Waals surface area contributed by atoms with Crippen molar-refractivity contribution in [3.63, 3.8) is 0 Å². The minimum absolute atomic E-state index is 0.0855. The third-order valence-electron chi connectivity index (χ3n) is 5.70. The van der Waals surface area contributed by atoms with Crippen LogP contribution in [0.15, 0.2) is 0 Å². The monoisotopic (exact) mass is 335 g/mol. The summed E-state index contributed by atoms with van der Waals surface area (Å²) in [6, 6.07) is -0.283. The molecule has 2 saturated heterocycles. The van der Waals surface area contributed by atoms with Gasteiger partial charge in [-0.05, 0) is 37.5 Å². The van der Waals surface area contributed by atoms with Gasteiger partial charge in [0.05, 0.1) is 0 Å². The van der Waals surface area contributed by atoms with E-state index in [1.54, 1.807) is 0 Å². The molecule has 6 nitrogen and oxygen atoms in total. The standard InChI is InChI=1S/C18H29N3O3/c1-13-10-14(2)12-20(11-13)15(22)6-5-9-21-16(23)18(19-17(21)24)7-3-4-8-18/h13-14H,3-12H2,1-2H3,(H,19,24). The predicted molar refractivity (Wildman–Crippen MR) is 90.2 cm³/mol. The first-order chi connectivity index (χ1) is 11.4. The van der Waals surface area contributed by atoms with Crippen molar-refractivity contribution in [2.75, 3.05) is 19.6 Å². The summed E-state index contributed by atoms with van der Waals surface area (Å²) in [5.41, 5.74) is -0.640. The maximum absolute atomic E-state index is 12.6. The minimum Gasteiger partial charge on any atom is -0.342 e. The van der Waals surface area contributed by atoms with E-state index in [4.69, 9.17) is 0 Å². The van der Waals surface area contributed by atoms with Crippen molar-refractivity contribution in [2.24, 2.45) is 11.8 Å². The number of imide groups is 1. The molecule has 3 aliphatic rings. The number of hydrogen-bond acceptors (Lipinski definition) is 3. The molecule has 0 aromatic heterocycles. The quantitative estimate of drug-likeness (QED) is 0.800. The first kappa shape index (κ1) is 17.2. The number of carbonyl (C=O) groups excluding carboxylic acids is 3. The van der Waals surface area contributed by atoms with E-state index in [2.05, 4.69) is 19.2 Å². The van der Waals surface area contributed by atoms with Crippen molar-refractivity contribution < 1.29 is 14.4 Å². The van der Waals surface area contributed by atoms with E-state index in [-0.39, 0.29) is 17.8 Å². The number of amides is 4. The van der Waals surface area contributed by atoms with Gasteiger partial charge in [-0.3, -0.25) is 14.5 Å². The molecule has 3 fully saturated rings. The third-order valence-corrected chi connectivity index (χ3v) is 5.70. The van der Waals surface area contributed by atoms with Gasteiger partial charge >= 0.3 is 6.03 Å². The molecule has 1 saturated carbocycles. The molecule has 0 radical (unpaired) electrons. The van der Waals surface area contributed by atoms with Gasteiger partial charge in [0.2, 0.25) is 5.91 Å². The van der Waals surface area contributed by atoms with Gasteiger partial charge in [-0.15, -0.1) is 0 Å². The molecule has 3 rings (SSSR count). The predicted octanol–water partition coefficient (Wildman–Crippen LogP) is 2.14. The molecule has 0 aromatic carbocycles. The molecular formula is C18H29N3O3. The van der Waals surface area contributed by atoms with Crippen molar-refractivity contribution in [2.45, 2.75) is 64.3 Å². The van der Waals surface area contributed by atoms with Crippen LogP contribution in [-0.2, 0) is 9.59 Å². The lowest BCUT2D eigenvalue weighted by Crippen LogP contribution is -2.44. The van der Waals surface area contributed by atoms with Crippen LogP contribution in [0.1, 0.15) is 58.8 Å². The Hall–Kier alpha value is -1.59. The zero-order chi connectivity index (χ0) is 17.3. The van der Waals surface area contributed by atoms with Gasteiger partial charge in [-0.2, -0.15) is 0 Å². The summed E-state index contributed by atoms with van der Waals surface area (Å²) in [7, 11) is 0. The fourth-order valence-electron chi connectivity index (χ4n) is 4.61. The van der Waals surface area contributed by atoms with Crippen LogP contribution in [0.25, 0.3) is 0 Å². The van der Waals surface area contributed by atoms with Gasteiger partial charge in [0.25, 0.3) is 5.91 Å². The Balaban J connectivity index is 1.48. The summed E-state index contributed by atoms with van der Waals surface area (Å²) in [6.45, 7) is 6.37. The number of piperidine rings is 1. The fourth-order valence-corrected chi connectivity index (χ4v) is 4.61. The number of nitrogens with zero attached hydrogens (tertiary/aromatic N) is 2. The first-order valence-electron chi connectivity index (χ1n) is 9.33. The molecule has 6 heteroatoms. The largest absolute Gasteiger partial charge is 0.342 e. The summed E-state index contributed by atoms with van der Waals surface area (Å²) in [6.07, 6.45) is 5.60. The van der Waals surface area contributed by atoms with E-state index >= 15 is 0 Å². The van der Waals surface area contributed by atoms with Gasteiger partial charge in [0, 0.05) is 26.1 Å². The lowest BCUT2D eigenvalue weighted by atomic mass is 9.91. The van der Waals surface area contributed by atoms with Crippen LogP contribution < -0.4 is 5.32 Å². The molecule has 24 heavy (non-hydrogen) atoms. The highest BCUT2D eigenvalue weighted by molar-refractivity contribution is 6.07. The van der Waals surface area contributed by atoms with Crippen LogP contribution in [0.3, 0.4) is 0 Å². The lowest BCUT2D eigenvalue weighted by Gasteiger charge is -2.35. The van der Waals surface area contributed by atoms with Crippen LogP contribution in [0.2, 0.25) is 0 Å². The topological polar surface area (TPSA) is 69.7 Å². The summed E-state index contributed by atoms with van der Waals surface area (Å²) in [5.74, 6) is 1.16. The van der Waals surface area contributed by atoms with Crippen molar-refractivity contribution in [1.29, 1.82) is 0 Å². The molecule has 0 bridgehead atoms. The Kier molecular flexibility index (Phi) is 4.83. The summed E-state index contributed by atoms with van der Waals surface area (Å²) in [4.78, 5) is 40.3. The van der Waals surface area contributed by atoms with E-state index in [0.29, 0.717) is 31.2 Å². The van der Waals surface area contributed by atoms with E-state index < -0.39 is 5.54 Å². The van der Waals surface area contributed by atoms with Crippen LogP contribution >= 0.6 is 0 Å². The summed E-state index contributed by atoms with van der Waals surface area (Å²) >= 11 is 0. The van der Waals surface area contributed by atoms with Crippen LogP contribution in [0, 0.1) is 11.8 Å². The highest BCUT2D eigenvalue weighted by Gasteiger charge is 2.52. The summed E-state index contributed by atoms with van der Waals surface area (Å²) in [5, 5.41) is 2.88. The maximum Gasteiger partial charge on any atom is 0.325 e. The second-order valence-corrected chi connectivity index (χ2v) is 8.02. The van der Waals surface area contributed by atoms with E-state index in [0.717, 1.165) is 38.8 Å². The number of hydrogen-bond donors (Lipinski definition) is 1. The number of rotatable bonds is 4. The highest BCUT2D eigenvalue weighted by atomic mass is 16.2. The van der Waals surface area contributed by atoms with Crippen LogP contribution in [-0.4, -0.2) is 52.8 Å². The molecule has 2 heterocycles. The Labute approximate surface area is 143 Å². The average molecular weight is 335 g/mol. The zero-order valence-corrected chi connectivity index (χ0v) is 14.8. The van der Waals surface area contributed by atoms with Gasteiger partial charge in [-0.25, -0.2) is 4.79 Å². The molecule has 134 valence electrons. The molecule has 2 aliphatic heterocycles. The Morgan fingerprint density at radius 1 is 1.17 bits per heavy atom. The molecule has 4 amide bonds.